The van der Waals surface area contributed by atoms with Crippen molar-refractivity contribution in [2.45, 2.75) is 101 Å². The molecule has 9 nitrogen and oxygen atoms in total. The minimum atomic E-state index is -3.78. The standard InChI is InChI=1S/C38H45N3O6S2/c1-25-14-19-31-34(20-25)48-37(39-31)47-29-21-32-33(42)23-38(36(44)40-49(45,46)30-17-18-30)22-28(38)13-9-4-2-3-8-12-27(35(43)41(32)24-29)16-15-26-10-6-5-7-11-26/h5-7,9-11,13-14,19-20,27-30,32H,2-4,8,12,15-18,21-24H2,1H3,(H,40,44)/b13-9-/t27-,28+,29-,32+,38-/m1/s1. The Morgan fingerprint density at radius 2 is 1.90 bits per heavy atom. The Bertz CT molecular complexity index is 1850. The van der Waals surface area contributed by atoms with E-state index in [1.807, 2.05) is 43.3 Å². The molecule has 4 aliphatic rings. The monoisotopic (exact) mass is 703 g/mol. The van der Waals surface area contributed by atoms with Gasteiger partial charge in [-0.25, -0.2) is 13.4 Å². The molecule has 0 unspecified atom stereocenters. The molecule has 11 heteroatoms. The number of allylic oxidation sites excluding steroid dienone is 2. The fourth-order valence-corrected chi connectivity index (χ4v) is 9.95. The summed E-state index contributed by atoms with van der Waals surface area (Å²) in [6.45, 7) is 2.28. The van der Waals surface area contributed by atoms with Crippen molar-refractivity contribution >= 4 is 49.2 Å². The number of ether oxygens (including phenoxy) is 1. The SMILES string of the molecule is Cc1ccc2nc(O[C@@H]3C[C@H]4C(=O)C[C@]5(C(=O)NS(=O)(=O)C6CC6)C[C@@H]5/C=C\CCCCC[C@H](CCc5ccccc5)C(=O)N4C3)sc2c1. The lowest BCUT2D eigenvalue weighted by Crippen LogP contribution is -2.46. The van der Waals surface area contributed by atoms with E-state index in [4.69, 9.17) is 4.74 Å². The summed E-state index contributed by atoms with van der Waals surface area (Å²) in [6.07, 6.45) is 11.1. The van der Waals surface area contributed by atoms with Gasteiger partial charge in [0, 0.05) is 18.8 Å². The van der Waals surface area contributed by atoms with Crippen LogP contribution in [0.4, 0.5) is 0 Å². The number of aryl methyl sites for hydroxylation is 2. The topological polar surface area (TPSA) is 123 Å². The highest BCUT2D eigenvalue weighted by Crippen LogP contribution is 2.57. The van der Waals surface area contributed by atoms with Crippen LogP contribution in [0.2, 0.25) is 0 Å². The van der Waals surface area contributed by atoms with Gasteiger partial charge in [0.1, 0.15) is 6.10 Å². The van der Waals surface area contributed by atoms with Crippen molar-refractivity contribution < 1.29 is 27.5 Å². The molecule has 3 aromatic rings. The average Bonchev–Trinajstić information content (AvgIpc) is 3.97. The third-order valence-electron chi connectivity index (χ3n) is 10.7. The van der Waals surface area contributed by atoms with E-state index in [2.05, 4.69) is 34.0 Å². The van der Waals surface area contributed by atoms with Crippen LogP contribution in [0.15, 0.2) is 60.7 Å². The maximum Gasteiger partial charge on any atom is 0.274 e. The number of sulfonamides is 1. The number of rotatable bonds is 8. The van der Waals surface area contributed by atoms with Crippen molar-refractivity contribution in [3.8, 4) is 5.19 Å². The van der Waals surface area contributed by atoms with Gasteiger partial charge < -0.3 is 9.64 Å². The lowest BCUT2D eigenvalue weighted by Gasteiger charge is -2.29. The first kappa shape index (κ1) is 33.9. The zero-order valence-corrected chi connectivity index (χ0v) is 29.6. The Hall–Kier alpha value is -3.57. The number of aromatic nitrogens is 1. The normalized spacial score (nSPS) is 28.6. The summed E-state index contributed by atoms with van der Waals surface area (Å²) in [4.78, 5) is 49.0. The number of hydrogen-bond acceptors (Lipinski definition) is 8. The fourth-order valence-electron chi connectivity index (χ4n) is 7.59. The summed E-state index contributed by atoms with van der Waals surface area (Å²) in [5.74, 6) is -1.34. The number of nitrogens with zero attached hydrogens (tertiary/aromatic N) is 2. The lowest BCUT2D eigenvalue weighted by atomic mass is 9.90. The third-order valence-corrected chi connectivity index (χ3v) is 13.5. The molecule has 2 aliphatic heterocycles. The van der Waals surface area contributed by atoms with Crippen LogP contribution in [0.5, 0.6) is 5.19 Å². The molecule has 0 radical (unpaired) electrons. The highest BCUT2D eigenvalue weighted by atomic mass is 32.2. The van der Waals surface area contributed by atoms with Gasteiger partial charge in [0.15, 0.2) is 5.78 Å². The van der Waals surface area contributed by atoms with Gasteiger partial charge in [0.2, 0.25) is 21.8 Å². The quantitative estimate of drug-likeness (QED) is 0.274. The lowest BCUT2D eigenvalue weighted by molar-refractivity contribution is -0.142. The highest BCUT2D eigenvalue weighted by Gasteiger charge is 2.61. The van der Waals surface area contributed by atoms with Crippen LogP contribution in [-0.4, -0.2) is 59.8 Å². The van der Waals surface area contributed by atoms with E-state index in [0.29, 0.717) is 37.3 Å². The second-order valence-corrected chi connectivity index (χ2v) is 17.5. The highest BCUT2D eigenvalue weighted by molar-refractivity contribution is 7.90. The third kappa shape index (κ3) is 7.62. The fraction of sp³-hybridized carbons (Fsp3) is 0.526. The van der Waals surface area contributed by atoms with Crippen molar-refractivity contribution in [3.63, 3.8) is 0 Å². The van der Waals surface area contributed by atoms with Crippen LogP contribution in [0.25, 0.3) is 10.2 Å². The predicted octanol–water partition coefficient (Wildman–Crippen LogP) is 6.30. The van der Waals surface area contributed by atoms with E-state index in [0.717, 1.165) is 54.3 Å². The number of amides is 2. The summed E-state index contributed by atoms with van der Waals surface area (Å²) in [7, 11) is -3.78. The molecule has 49 heavy (non-hydrogen) atoms. The van der Waals surface area contributed by atoms with E-state index >= 15 is 0 Å². The van der Waals surface area contributed by atoms with E-state index in [9.17, 15) is 22.8 Å². The number of nitrogens with one attached hydrogen (secondary N) is 1. The van der Waals surface area contributed by atoms with Crippen LogP contribution in [0.3, 0.4) is 0 Å². The van der Waals surface area contributed by atoms with Crippen LogP contribution in [-0.2, 0) is 30.8 Å². The number of thiazole rings is 1. The summed E-state index contributed by atoms with van der Waals surface area (Å²) in [5, 5.41) is -0.0407. The van der Waals surface area contributed by atoms with Crippen LogP contribution in [0, 0.1) is 24.2 Å². The van der Waals surface area contributed by atoms with Gasteiger partial charge in [-0.15, -0.1) is 0 Å². The van der Waals surface area contributed by atoms with E-state index in [-0.39, 0.29) is 36.5 Å². The van der Waals surface area contributed by atoms with Crippen LogP contribution >= 0.6 is 11.3 Å². The number of fused-ring (bicyclic) bond motifs is 3. The van der Waals surface area contributed by atoms with E-state index in [1.54, 1.807) is 4.90 Å². The zero-order valence-electron chi connectivity index (χ0n) is 28.0. The van der Waals surface area contributed by atoms with Gasteiger partial charge in [0.25, 0.3) is 5.19 Å². The molecule has 2 aliphatic carbocycles. The maximum absolute atomic E-state index is 14.5. The van der Waals surface area contributed by atoms with Gasteiger partial charge in [0.05, 0.1) is 33.5 Å². The summed E-state index contributed by atoms with van der Waals surface area (Å²) in [6, 6.07) is 15.4. The predicted molar refractivity (Wildman–Crippen MR) is 190 cm³/mol. The molecule has 5 atom stereocenters. The number of benzene rings is 2. The molecule has 2 amide bonds. The zero-order chi connectivity index (χ0) is 34.2. The molecular weight excluding hydrogens is 659 g/mol. The number of ketones is 1. The summed E-state index contributed by atoms with van der Waals surface area (Å²) < 4.78 is 35.4. The molecule has 1 saturated heterocycles. The van der Waals surface area contributed by atoms with Crippen molar-refractivity contribution in [3.05, 3.63) is 71.8 Å². The first-order valence-corrected chi connectivity index (χ1v) is 20.1. The molecule has 1 N–H and O–H groups in total. The van der Waals surface area contributed by atoms with Crippen molar-refractivity contribution in [1.29, 1.82) is 0 Å². The molecule has 1 aromatic heterocycles. The largest absolute Gasteiger partial charge is 0.465 e. The van der Waals surface area contributed by atoms with Crippen LogP contribution < -0.4 is 9.46 Å². The minimum absolute atomic E-state index is 0.0459. The molecule has 0 bridgehead atoms. The first-order chi connectivity index (χ1) is 23.6. The van der Waals surface area contributed by atoms with E-state index in [1.165, 1.54) is 16.9 Å². The number of Topliss-reactive ketones (excluding diaryl/α,β-unsaturated/α-hetero) is 1. The molecule has 2 saturated carbocycles. The Kier molecular flexibility index (Phi) is 9.67. The van der Waals surface area contributed by atoms with Crippen LogP contribution in [0.1, 0.15) is 81.8 Å². The molecule has 0 spiro atoms. The molecular formula is C38H45N3O6S2. The first-order valence-electron chi connectivity index (χ1n) is 17.7. The second-order valence-electron chi connectivity index (χ2n) is 14.5. The second kappa shape index (κ2) is 14.0. The maximum atomic E-state index is 14.5. The van der Waals surface area contributed by atoms with Gasteiger partial charge in [-0.2, -0.15) is 0 Å². The van der Waals surface area contributed by atoms with Gasteiger partial charge in [-0.1, -0.05) is 72.7 Å². The molecule has 260 valence electrons. The van der Waals surface area contributed by atoms with Gasteiger partial charge >= 0.3 is 0 Å². The molecule has 7 rings (SSSR count). The van der Waals surface area contributed by atoms with Gasteiger partial charge in [-0.3, -0.25) is 19.1 Å². The van der Waals surface area contributed by atoms with Crippen molar-refractivity contribution in [1.82, 2.24) is 14.6 Å². The smallest absolute Gasteiger partial charge is 0.274 e. The number of hydrogen-bond donors (Lipinski definition) is 1. The molecule has 3 heterocycles. The Morgan fingerprint density at radius 3 is 2.69 bits per heavy atom. The van der Waals surface area contributed by atoms with E-state index < -0.39 is 38.7 Å². The van der Waals surface area contributed by atoms with Gasteiger partial charge in [-0.05, 0) is 87.5 Å². The number of carbonyl (C=O) groups excluding carboxylic acids is 3. The Labute approximate surface area is 292 Å². The van der Waals surface area contributed by atoms with Crippen molar-refractivity contribution in [2.75, 3.05) is 6.54 Å². The molecule has 2 aromatic carbocycles. The Balaban J connectivity index is 1.16. The molecule has 3 fully saturated rings. The van der Waals surface area contributed by atoms with Crippen molar-refractivity contribution in [2.24, 2.45) is 17.3 Å². The Morgan fingerprint density at radius 1 is 1.08 bits per heavy atom. The average molecular weight is 704 g/mol. The minimum Gasteiger partial charge on any atom is -0.465 e. The summed E-state index contributed by atoms with van der Waals surface area (Å²) >= 11 is 1.45. The summed E-state index contributed by atoms with van der Waals surface area (Å²) in [5.41, 5.74) is 2.00. The number of carbonyl (C=O) groups is 3.